The highest BCUT2D eigenvalue weighted by Gasteiger charge is 2.52. The van der Waals surface area contributed by atoms with Crippen LogP contribution in [0.1, 0.15) is 46.6 Å². The SMILES string of the molecule is CC1(C)OB(c2cccc3c2cnn3C2CC2)OC1(C)C. The van der Waals surface area contributed by atoms with Crippen molar-refractivity contribution in [2.24, 2.45) is 0 Å². The van der Waals surface area contributed by atoms with Crippen LogP contribution in [0.2, 0.25) is 0 Å². The van der Waals surface area contributed by atoms with Crippen LogP contribution in [0, 0.1) is 0 Å². The van der Waals surface area contributed by atoms with E-state index in [0.717, 1.165) is 10.8 Å². The van der Waals surface area contributed by atoms with E-state index in [1.165, 1.54) is 18.4 Å². The fourth-order valence-corrected chi connectivity index (χ4v) is 2.88. The third-order valence-corrected chi connectivity index (χ3v) is 5.07. The number of benzene rings is 1. The molecule has 0 spiro atoms. The number of hydrogen-bond acceptors (Lipinski definition) is 3. The fourth-order valence-electron chi connectivity index (χ4n) is 2.88. The summed E-state index contributed by atoms with van der Waals surface area (Å²) in [6, 6.07) is 6.87. The summed E-state index contributed by atoms with van der Waals surface area (Å²) in [5, 5.41) is 5.71. The summed E-state index contributed by atoms with van der Waals surface area (Å²) in [6.45, 7) is 8.34. The molecule has 2 aliphatic rings. The Kier molecular flexibility index (Phi) is 2.61. The van der Waals surface area contributed by atoms with Crippen LogP contribution < -0.4 is 5.46 Å². The maximum Gasteiger partial charge on any atom is 0.495 e. The van der Waals surface area contributed by atoms with Crippen molar-refractivity contribution in [3.8, 4) is 0 Å². The van der Waals surface area contributed by atoms with E-state index in [4.69, 9.17) is 9.31 Å². The minimum Gasteiger partial charge on any atom is -0.399 e. The van der Waals surface area contributed by atoms with Crippen LogP contribution in [0.25, 0.3) is 10.9 Å². The van der Waals surface area contributed by atoms with Crippen molar-refractivity contribution in [2.75, 3.05) is 0 Å². The summed E-state index contributed by atoms with van der Waals surface area (Å²) in [4.78, 5) is 0. The monoisotopic (exact) mass is 284 g/mol. The van der Waals surface area contributed by atoms with Gasteiger partial charge in [-0.2, -0.15) is 5.10 Å². The third-order valence-electron chi connectivity index (χ3n) is 5.07. The summed E-state index contributed by atoms with van der Waals surface area (Å²) in [5.41, 5.74) is 1.64. The largest absolute Gasteiger partial charge is 0.495 e. The lowest BCUT2D eigenvalue weighted by molar-refractivity contribution is 0.00578. The van der Waals surface area contributed by atoms with Crippen molar-refractivity contribution in [2.45, 2.75) is 57.8 Å². The maximum atomic E-state index is 6.18. The molecule has 2 fully saturated rings. The second kappa shape index (κ2) is 4.11. The number of aromatic nitrogens is 2. The molecule has 0 radical (unpaired) electrons. The number of rotatable bonds is 2. The van der Waals surface area contributed by atoms with Crippen LogP contribution in [-0.4, -0.2) is 28.1 Å². The molecule has 0 amide bonds. The number of hydrogen-bond donors (Lipinski definition) is 0. The van der Waals surface area contributed by atoms with E-state index in [-0.39, 0.29) is 18.3 Å². The second-order valence-electron chi connectivity index (χ2n) is 7.19. The average molecular weight is 284 g/mol. The van der Waals surface area contributed by atoms with E-state index in [1.807, 2.05) is 6.20 Å². The van der Waals surface area contributed by atoms with Gasteiger partial charge in [-0.1, -0.05) is 12.1 Å². The molecule has 0 unspecified atom stereocenters. The summed E-state index contributed by atoms with van der Waals surface area (Å²) in [5.74, 6) is 0. The summed E-state index contributed by atoms with van der Waals surface area (Å²) >= 11 is 0. The highest BCUT2D eigenvalue weighted by molar-refractivity contribution is 6.65. The Labute approximate surface area is 125 Å². The van der Waals surface area contributed by atoms with Crippen molar-refractivity contribution in [1.29, 1.82) is 0 Å². The van der Waals surface area contributed by atoms with Crippen LogP contribution in [0.3, 0.4) is 0 Å². The molecule has 1 aromatic carbocycles. The molecule has 2 heterocycles. The first-order valence-electron chi connectivity index (χ1n) is 7.71. The Hall–Kier alpha value is -1.33. The molecule has 1 aliphatic heterocycles. The van der Waals surface area contributed by atoms with Gasteiger partial charge in [-0.25, -0.2) is 0 Å². The minimum atomic E-state index is -0.324. The standard InChI is InChI=1S/C16H21BN2O2/c1-15(2)16(3,4)21-17(20-15)13-6-5-7-14-12(13)10-18-19(14)11-8-9-11/h5-7,10-11H,8-9H2,1-4H3. The lowest BCUT2D eigenvalue weighted by Crippen LogP contribution is -2.41. The first-order chi connectivity index (χ1) is 9.89. The van der Waals surface area contributed by atoms with E-state index in [2.05, 4.69) is 55.7 Å². The molecule has 110 valence electrons. The Bertz CT molecular complexity index is 687. The van der Waals surface area contributed by atoms with Gasteiger partial charge in [-0.3, -0.25) is 4.68 Å². The zero-order chi connectivity index (χ0) is 14.8. The predicted octanol–water partition coefficient (Wildman–Crippen LogP) is 2.67. The van der Waals surface area contributed by atoms with Gasteiger partial charge in [-0.15, -0.1) is 0 Å². The Balaban J connectivity index is 1.78. The van der Waals surface area contributed by atoms with Gasteiger partial charge in [0.1, 0.15) is 0 Å². The molecule has 5 heteroatoms. The first kappa shape index (κ1) is 13.3. The number of fused-ring (bicyclic) bond motifs is 1. The summed E-state index contributed by atoms with van der Waals surface area (Å²) < 4.78 is 14.5. The molecule has 1 saturated carbocycles. The zero-order valence-corrected chi connectivity index (χ0v) is 13.1. The van der Waals surface area contributed by atoms with E-state index in [1.54, 1.807) is 0 Å². The van der Waals surface area contributed by atoms with Crippen LogP contribution in [-0.2, 0) is 9.31 Å². The Morgan fingerprint density at radius 2 is 1.81 bits per heavy atom. The van der Waals surface area contributed by atoms with Gasteiger partial charge < -0.3 is 9.31 Å². The second-order valence-corrected chi connectivity index (χ2v) is 7.19. The Morgan fingerprint density at radius 3 is 2.43 bits per heavy atom. The Morgan fingerprint density at radius 1 is 1.14 bits per heavy atom. The molecule has 4 rings (SSSR count). The minimum absolute atomic E-state index is 0.313. The van der Waals surface area contributed by atoms with Gasteiger partial charge in [0, 0.05) is 5.39 Å². The topological polar surface area (TPSA) is 36.3 Å². The molecular weight excluding hydrogens is 263 g/mol. The molecule has 1 aliphatic carbocycles. The highest BCUT2D eigenvalue weighted by atomic mass is 16.7. The molecular formula is C16H21BN2O2. The van der Waals surface area contributed by atoms with Crippen LogP contribution in [0.4, 0.5) is 0 Å². The molecule has 4 nitrogen and oxygen atoms in total. The van der Waals surface area contributed by atoms with Gasteiger partial charge in [0.2, 0.25) is 0 Å². The lowest BCUT2D eigenvalue weighted by atomic mass is 9.77. The van der Waals surface area contributed by atoms with Crippen LogP contribution >= 0.6 is 0 Å². The quantitative estimate of drug-likeness (QED) is 0.795. The zero-order valence-electron chi connectivity index (χ0n) is 13.1. The van der Waals surface area contributed by atoms with Gasteiger partial charge in [0.25, 0.3) is 0 Å². The fraction of sp³-hybridized carbons (Fsp3) is 0.562. The van der Waals surface area contributed by atoms with E-state index >= 15 is 0 Å². The van der Waals surface area contributed by atoms with Gasteiger partial charge in [0.15, 0.2) is 0 Å². The van der Waals surface area contributed by atoms with Gasteiger partial charge in [-0.05, 0) is 52.1 Å². The smallest absolute Gasteiger partial charge is 0.399 e. The van der Waals surface area contributed by atoms with Crippen molar-refractivity contribution >= 4 is 23.5 Å². The molecule has 0 bridgehead atoms. The molecule has 0 atom stereocenters. The molecule has 0 N–H and O–H groups in total. The number of nitrogens with zero attached hydrogens (tertiary/aromatic N) is 2. The van der Waals surface area contributed by atoms with Crippen LogP contribution in [0.15, 0.2) is 24.4 Å². The molecule has 2 aromatic rings. The highest BCUT2D eigenvalue weighted by Crippen LogP contribution is 2.38. The maximum absolute atomic E-state index is 6.18. The van der Waals surface area contributed by atoms with Gasteiger partial charge >= 0.3 is 7.12 Å². The van der Waals surface area contributed by atoms with Gasteiger partial charge in [0.05, 0.1) is 29.0 Å². The summed E-state index contributed by atoms with van der Waals surface area (Å²) in [6.07, 6.45) is 4.42. The predicted molar refractivity (Wildman–Crippen MR) is 83.7 cm³/mol. The average Bonchev–Trinajstić information content (AvgIpc) is 3.11. The normalized spacial score (nSPS) is 23.9. The third kappa shape index (κ3) is 1.94. The van der Waals surface area contributed by atoms with Crippen molar-refractivity contribution in [3.05, 3.63) is 24.4 Å². The van der Waals surface area contributed by atoms with Crippen molar-refractivity contribution < 1.29 is 9.31 Å². The molecule has 1 saturated heterocycles. The molecule has 1 aromatic heterocycles. The van der Waals surface area contributed by atoms with Crippen LogP contribution in [0.5, 0.6) is 0 Å². The summed E-state index contributed by atoms with van der Waals surface area (Å²) in [7, 11) is -0.324. The van der Waals surface area contributed by atoms with Crippen molar-refractivity contribution in [1.82, 2.24) is 9.78 Å². The van der Waals surface area contributed by atoms with Crippen molar-refractivity contribution in [3.63, 3.8) is 0 Å². The van der Waals surface area contributed by atoms with E-state index in [9.17, 15) is 0 Å². The molecule has 21 heavy (non-hydrogen) atoms. The van der Waals surface area contributed by atoms with E-state index < -0.39 is 0 Å². The van der Waals surface area contributed by atoms with E-state index in [0.29, 0.717) is 6.04 Å². The first-order valence-corrected chi connectivity index (χ1v) is 7.71. The lowest BCUT2D eigenvalue weighted by Gasteiger charge is -2.32.